The van der Waals surface area contributed by atoms with Gasteiger partial charge in [0.25, 0.3) is 5.91 Å². The number of esters is 1. The van der Waals surface area contributed by atoms with Gasteiger partial charge in [0, 0.05) is 11.6 Å². The predicted molar refractivity (Wildman–Crippen MR) is 89.9 cm³/mol. The standard InChI is InChI=1S/C17H12ClN3O3/c18-12-6-8-15(19-9-12)21-16(22)10-24-17(23)14-7-5-11-3-1-2-4-13(11)20-14/h1-9H,10H2,(H,19,21,22). The summed E-state index contributed by atoms with van der Waals surface area (Å²) in [5.74, 6) is -0.844. The molecule has 0 bridgehead atoms. The molecule has 1 aromatic carbocycles. The SMILES string of the molecule is O=C(COC(=O)c1ccc2ccccc2n1)Nc1ccc(Cl)cn1. The van der Waals surface area contributed by atoms with Crippen LogP contribution < -0.4 is 5.32 Å². The summed E-state index contributed by atoms with van der Waals surface area (Å²) in [6.45, 7) is -0.433. The summed E-state index contributed by atoms with van der Waals surface area (Å²) in [5.41, 5.74) is 0.827. The average molecular weight is 342 g/mol. The quantitative estimate of drug-likeness (QED) is 0.737. The van der Waals surface area contributed by atoms with Crippen molar-refractivity contribution in [1.29, 1.82) is 0 Å². The molecule has 6 nitrogen and oxygen atoms in total. The van der Waals surface area contributed by atoms with Crippen LogP contribution in [0.15, 0.2) is 54.7 Å². The second-order valence-corrected chi connectivity index (χ2v) is 5.31. The third kappa shape index (κ3) is 3.85. The molecular formula is C17H12ClN3O3. The van der Waals surface area contributed by atoms with Crippen molar-refractivity contribution in [3.63, 3.8) is 0 Å². The van der Waals surface area contributed by atoms with Gasteiger partial charge < -0.3 is 10.1 Å². The first kappa shape index (κ1) is 15.9. The fourth-order valence-corrected chi connectivity index (χ4v) is 2.13. The van der Waals surface area contributed by atoms with Gasteiger partial charge in [0.1, 0.15) is 11.5 Å². The van der Waals surface area contributed by atoms with E-state index in [9.17, 15) is 9.59 Å². The fraction of sp³-hybridized carbons (Fsp3) is 0.0588. The zero-order valence-corrected chi connectivity index (χ0v) is 13.2. The van der Waals surface area contributed by atoms with E-state index >= 15 is 0 Å². The number of carbonyl (C=O) groups is 2. The highest BCUT2D eigenvalue weighted by atomic mass is 35.5. The van der Waals surface area contributed by atoms with Crippen LogP contribution in [0.3, 0.4) is 0 Å². The highest BCUT2D eigenvalue weighted by Gasteiger charge is 2.12. The minimum absolute atomic E-state index is 0.145. The van der Waals surface area contributed by atoms with Crippen LogP contribution in [0, 0.1) is 0 Å². The minimum atomic E-state index is -0.667. The molecule has 1 N–H and O–H groups in total. The topological polar surface area (TPSA) is 81.2 Å². The lowest BCUT2D eigenvalue weighted by Gasteiger charge is -2.06. The number of hydrogen-bond acceptors (Lipinski definition) is 5. The van der Waals surface area contributed by atoms with E-state index in [2.05, 4.69) is 15.3 Å². The van der Waals surface area contributed by atoms with Crippen LogP contribution in [0.4, 0.5) is 5.82 Å². The Kier molecular flexibility index (Phi) is 4.67. The van der Waals surface area contributed by atoms with Gasteiger partial charge in [-0.2, -0.15) is 0 Å². The van der Waals surface area contributed by atoms with Crippen LogP contribution in [0.1, 0.15) is 10.5 Å². The molecule has 0 saturated carbocycles. The molecule has 0 saturated heterocycles. The van der Waals surface area contributed by atoms with E-state index in [0.29, 0.717) is 16.4 Å². The second kappa shape index (κ2) is 7.06. The number of pyridine rings is 2. The van der Waals surface area contributed by atoms with Crippen molar-refractivity contribution in [2.45, 2.75) is 0 Å². The highest BCUT2D eigenvalue weighted by molar-refractivity contribution is 6.30. The Morgan fingerprint density at radius 3 is 2.71 bits per heavy atom. The normalized spacial score (nSPS) is 10.4. The molecule has 0 unspecified atom stereocenters. The number of fused-ring (bicyclic) bond motifs is 1. The zero-order chi connectivity index (χ0) is 16.9. The van der Waals surface area contributed by atoms with Gasteiger partial charge in [-0.3, -0.25) is 4.79 Å². The number of aromatic nitrogens is 2. The Hall–Kier alpha value is -2.99. The zero-order valence-electron chi connectivity index (χ0n) is 12.4. The van der Waals surface area contributed by atoms with E-state index in [0.717, 1.165) is 5.39 Å². The number of carbonyl (C=O) groups excluding carboxylic acids is 2. The van der Waals surface area contributed by atoms with E-state index in [-0.39, 0.29) is 5.69 Å². The lowest BCUT2D eigenvalue weighted by molar-refractivity contribution is -0.119. The van der Waals surface area contributed by atoms with Crippen LogP contribution in [-0.4, -0.2) is 28.5 Å². The van der Waals surface area contributed by atoms with Gasteiger partial charge in [0.15, 0.2) is 6.61 Å². The maximum atomic E-state index is 12.0. The van der Waals surface area contributed by atoms with Crippen molar-refractivity contribution in [2.24, 2.45) is 0 Å². The second-order valence-electron chi connectivity index (χ2n) is 4.88. The number of hydrogen-bond donors (Lipinski definition) is 1. The van der Waals surface area contributed by atoms with Crippen molar-refractivity contribution in [3.05, 3.63) is 65.4 Å². The van der Waals surface area contributed by atoms with E-state index in [4.69, 9.17) is 16.3 Å². The van der Waals surface area contributed by atoms with Crippen molar-refractivity contribution >= 4 is 40.2 Å². The number of para-hydroxylation sites is 1. The van der Waals surface area contributed by atoms with Gasteiger partial charge in [0.05, 0.1) is 10.5 Å². The molecule has 24 heavy (non-hydrogen) atoms. The molecule has 1 amide bonds. The van der Waals surface area contributed by atoms with Gasteiger partial charge in [0.2, 0.25) is 0 Å². The van der Waals surface area contributed by atoms with Crippen molar-refractivity contribution < 1.29 is 14.3 Å². The fourth-order valence-electron chi connectivity index (χ4n) is 2.01. The molecule has 7 heteroatoms. The molecule has 3 aromatic rings. The van der Waals surface area contributed by atoms with Crippen molar-refractivity contribution in [3.8, 4) is 0 Å². The summed E-state index contributed by atoms with van der Waals surface area (Å²) >= 11 is 5.71. The van der Waals surface area contributed by atoms with E-state index in [1.807, 2.05) is 18.2 Å². The summed E-state index contributed by atoms with van der Waals surface area (Å²) < 4.78 is 4.97. The molecule has 120 valence electrons. The molecular weight excluding hydrogens is 330 g/mol. The molecule has 0 radical (unpaired) electrons. The molecule has 0 aliphatic rings. The molecule has 0 aliphatic heterocycles. The predicted octanol–water partition coefficient (Wildman–Crippen LogP) is 3.08. The highest BCUT2D eigenvalue weighted by Crippen LogP contribution is 2.12. The summed E-state index contributed by atoms with van der Waals surface area (Å²) in [7, 11) is 0. The van der Waals surface area contributed by atoms with Crippen molar-refractivity contribution in [2.75, 3.05) is 11.9 Å². The van der Waals surface area contributed by atoms with Gasteiger partial charge in [-0.15, -0.1) is 0 Å². The Labute approximate surface area is 142 Å². The Morgan fingerprint density at radius 1 is 1.08 bits per heavy atom. The smallest absolute Gasteiger partial charge is 0.357 e. The monoisotopic (exact) mass is 341 g/mol. The van der Waals surface area contributed by atoms with Crippen LogP contribution in [-0.2, 0) is 9.53 Å². The Morgan fingerprint density at radius 2 is 1.92 bits per heavy atom. The molecule has 0 atom stereocenters. The van der Waals surface area contributed by atoms with Crippen LogP contribution in [0.5, 0.6) is 0 Å². The average Bonchev–Trinajstić information content (AvgIpc) is 2.61. The molecule has 2 aromatic heterocycles. The lowest BCUT2D eigenvalue weighted by atomic mass is 10.2. The van der Waals surface area contributed by atoms with Gasteiger partial charge in [-0.25, -0.2) is 14.8 Å². The molecule has 0 spiro atoms. The van der Waals surface area contributed by atoms with Gasteiger partial charge in [-0.05, 0) is 24.3 Å². The number of halogens is 1. The van der Waals surface area contributed by atoms with Crippen LogP contribution in [0.25, 0.3) is 10.9 Å². The summed E-state index contributed by atoms with van der Waals surface area (Å²) in [4.78, 5) is 31.9. The summed E-state index contributed by atoms with van der Waals surface area (Å²) in [6, 6.07) is 13.9. The number of amides is 1. The van der Waals surface area contributed by atoms with Crippen LogP contribution >= 0.6 is 11.6 Å². The largest absolute Gasteiger partial charge is 0.451 e. The third-order valence-electron chi connectivity index (χ3n) is 3.14. The van der Waals surface area contributed by atoms with Crippen LogP contribution in [0.2, 0.25) is 5.02 Å². The number of rotatable bonds is 4. The minimum Gasteiger partial charge on any atom is -0.451 e. The number of anilines is 1. The number of nitrogens with zero attached hydrogens (tertiary/aromatic N) is 2. The summed E-state index contributed by atoms with van der Waals surface area (Å²) in [6.07, 6.45) is 1.40. The molecule has 0 aliphatic carbocycles. The van der Waals surface area contributed by atoms with Gasteiger partial charge >= 0.3 is 5.97 Å². The number of ether oxygens (including phenoxy) is 1. The summed E-state index contributed by atoms with van der Waals surface area (Å²) in [5, 5.41) is 3.88. The first-order valence-electron chi connectivity index (χ1n) is 7.06. The third-order valence-corrected chi connectivity index (χ3v) is 3.36. The molecule has 3 rings (SSSR count). The lowest BCUT2D eigenvalue weighted by Crippen LogP contribution is -2.21. The number of nitrogens with one attached hydrogen (secondary N) is 1. The van der Waals surface area contributed by atoms with E-state index < -0.39 is 18.5 Å². The molecule has 2 heterocycles. The Bertz CT molecular complexity index is 897. The first-order valence-corrected chi connectivity index (χ1v) is 7.44. The maximum absolute atomic E-state index is 12.0. The van der Waals surface area contributed by atoms with Gasteiger partial charge in [-0.1, -0.05) is 35.9 Å². The maximum Gasteiger partial charge on any atom is 0.357 e. The first-order chi connectivity index (χ1) is 11.6. The Balaban J connectivity index is 1.59. The molecule has 0 fully saturated rings. The van der Waals surface area contributed by atoms with E-state index in [1.54, 1.807) is 30.3 Å². The number of benzene rings is 1. The van der Waals surface area contributed by atoms with Crippen molar-refractivity contribution in [1.82, 2.24) is 9.97 Å². The van der Waals surface area contributed by atoms with E-state index in [1.165, 1.54) is 6.20 Å².